The Balaban J connectivity index is 0.00000187. The zero-order valence-corrected chi connectivity index (χ0v) is 19.8. The zero-order chi connectivity index (χ0) is 24.5. The second kappa shape index (κ2) is 12.1. The SMILES string of the molecule is CC.Cc1ccc(NC(=O)N(c2ccccc2C(C)C)C2CC(CC#N)C2)c(OC(F)F)n1. The van der Waals surface area contributed by atoms with Crippen molar-refractivity contribution in [3.63, 3.8) is 0 Å². The molecular weight excluding hydrogens is 426 g/mol. The zero-order valence-electron chi connectivity index (χ0n) is 19.8. The molecule has 6 nitrogen and oxygen atoms in total. The lowest BCUT2D eigenvalue weighted by atomic mass is 9.77. The van der Waals surface area contributed by atoms with E-state index in [-0.39, 0.29) is 29.4 Å². The first kappa shape index (κ1) is 26.0. The number of nitriles is 1. The van der Waals surface area contributed by atoms with Gasteiger partial charge in [0.05, 0.1) is 6.07 Å². The predicted octanol–water partition coefficient (Wildman–Crippen LogP) is 6.87. The predicted molar refractivity (Wildman–Crippen MR) is 126 cm³/mol. The van der Waals surface area contributed by atoms with E-state index in [0.717, 1.165) is 11.3 Å². The van der Waals surface area contributed by atoms with Gasteiger partial charge in [-0.05, 0) is 55.4 Å². The third kappa shape index (κ3) is 6.64. The van der Waals surface area contributed by atoms with E-state index in [9.17, 15) is 13.6 Å². The number of carbonyl (C=O) groups excluding carboxylic acids is 1. The molecule has 0 aliphatic heterocycles. The van der Waals surface area contributed by atoms with Crippen molar-refractivity contribution in [2.75, 3.05) is 10.2 Å². The highest BCUT2D eigenvalue weighted by atomic mass is 19.3. The highest BCUT2D eigenvalue weighted by molar-refractivity contribution is 6.03. The minimum absolute atomic E-state index is 0.0795. The van der Waals surface area contributed by atoms with Gasteiger partial charge in [0, 0.05) is 23.8 Å². The average Bonchev–Trinajstić information content (AvgIpc) is 2.75. The molecule has 2 aromatic rings. The monoisotopic (exact) mass is 458 g/mol. The number of nitrogens with one attached hydrogen (secondary N) is 1. The van der Waals surface area contributed by atoms with E-state index >= 15 is 0 Å². The highest BCUT2D eigenvalue weighted by Gasteiger charge is 2.38. The van der Waals surface area contributed by atoms with Gasteiger partial charge in [-0.3, -0.25) is 4.90 Å². The second-order valence-corrected chi connectivity index (χ2v) is 8.05. The molecule has 0 bridgehead atoms. The molecule has 1 aliphatic carbocycles. The third-order valence-electron chi connectivity index (χ3n) is 5.43. The minimum Gasteiger partial charge on any atom is -0.415 e. The van der Waals surface area contributed by atoms with Crippen LogP contribution >= 0.6 is 0 Å². The van der Waals surface area contributed by atoms with Crippen LogP contribution in [-0.2, 0) is 0 Å². The molecule has 1 aromatic carbocycles. The molecule has 0 radical (unpaired) electrons. The van der Waals surface area contributed by atoms with Gasteiger partial charge in [0.15, 0.2) is 0 Å². The number of hydrogen-bond acceptors (Lipinski definition) is 4. The smallest absolute Gasteiger partial charge is 0.388 e. The lowest BCUT2D eigenvalue weighted by Crippen LogP contribution is -2.50. The van der Waals surface area contributed by atoms with Crippen LogP contribution in [0.3, 0.4) is 0 Å². The van der Waals surface area contributed by atoms with E-state index in [1.165, 1.54) is 6.07 Å². The minimum atomic E-state index is -3.05. The van der Waals surface area contributed by atoms with Crippen LogP contribution in [0.15, 0.2) is 36.4 Å². The van der Waals surface area contributed by atoms with E-state index in [2.05, 4.69) is 21.1 Å². The van der Waals surface area contributed by atoms with Crippen LogP contribution in [0.2, 0.25) is 0 Å². The summed E-state index contributed by atoms with van der Waals surface area (Å²) in [6.45, 7) is 6.69. The highest BCUT2D eigenvalue weighted by Crippen LogP contribution is 2.39. The molecule has 1 N–H and O–H groups in total. The number of alkyl halides is 2. The number of amides is 2. The van der Waals surface area contributed by atoms with Crippen LogP contribution in [0.5, 0.6) is 5.88 Å². The fourth-order valence-electron chi connectivity index (χ4n) is 3.85. The molecule has 0 saturated heterocycles. The number of carbonyl (C=O) groups is 1. The Labute approximate surface area is 194 Å². The van der Waals surface area contributed by atoms with Crippen LogP contribution < -0.4 is 15.0 Å². The molecule has 1 aliphatic rings. The lowest BCUT2D eigenvalue weighted by Gasteiger charge is -2.43. The summed E-state index contributed by atoms with van der Waals surface area (Å²) in [6.07, 6.45) is 1.87. The molecule has 2 amide bonds. The second-order valence-electron chi connectivity index (χ2n) is 8.05. The maximum atomic E-state index is 13.4. The Bertz CT molecular complexity index is 969. The normalized spacial score (nSPS) is 16.8. The summed E-state index contributed by atoms with van der Waals surface area (Å²) >= 11 is 0. The molecule has 0 spiro atoms. The van der Waals surface area contributed by atoms with Crippen molar-refractivity contribution in [1.29, 1.82) is 5.26 Å². The first-order valence-corrected chi connectivity index (χ1v) is 11.3. The summed E-state index contributed by atoms with van der Waals surface area (Å²) in [5.41, 5.74) is 2.35. The first-order chi connectivity index (χ1) is 15.8. The molecule has 1 saturated carbocycles. The Morgan fingerprint density at radius 1 is 1.24 bits per heavy atom. The third-order valence-corrected chi connectivity index (χ3v) is 5.43. The van der Waals surface area contributed by atoms with Crippen LogP contribution in [-0.4, -0.2) is 23.7 Å². The molecule has 1 fully saturated rings. The maximum absolute atomic E-state index is 13.4. The molecule has 1 heterocycles. The molecule has 8 heteroatoms. The number of pyridine rings is 1. The van der Waals surface area contributed by atoms with E-state index in [0.29, 0.717) is 25.0 Å². The van der Waals surface area contributed by atoms with E-state index in [1.807, 2.05) is 52.0 Å². The number of benzene rings is 1. The van der Waals surface area contributed by atoms with Gasteiger partial charge in [0.1, 0.15) is 5.69 Å². The standard InChI is InChI=1S/C23H26F2N4O2.C2H6/c1-14(2)18-6-4-5-7-20(18)29(17-12-16(13-17)10-11-26)23(30)28-19-9-8-15(3)27-21(19)31-22(24)25;1-2/h4-9,14,16-17,22H,10,12-13H2,1-3H3,(H,28,30);1-2H3. The summed E-state index contributed by atoms with van der Waals surface area (Å²) in [6, 6.07) is 12.4. The molecule has 3 rings (SSSR count). The summed E-state index contributed by atoms with van der Waals surface area (Å²) in [4.78, 5) is 19.1. The van der Waals surface area contributed by atoms with E-state index in [4.69, 9.17) is 5.26 Å². The first-order valence-electron chi connectivity index (χ1n) is 11.3. The number of halogens is 2. The number of aromatic nitrogens is 1. The number of ether oxygens (including phenoxy) is 1. The number of hydrogen-bond donors (Lipinski definition) is 1. The Kier molecular flexibility index (Phi) is 9.58. The topological polar surface area (TPSA) is 78.2 Å². The summed E-state index contributed by atoms with van der Waals surface area (Å²) in [5.74, 6) is 0.104. The van der Waals surface area contributed by atoms with Crippen molar-refractivity contribution in [2.45, 2.75) is 72.5 Å². The van der Waals surface area contributed by atoms with Crippen LogP contribution in [0.1, 0.15) is 64.1 Å². The molecule has 33 heavy (non-hydrogen) atoms. The van der Waals surface area contributed by atoms with Crippen LogP contribution in [0, 0.1) is 24.2 Å². The average molecular weight is 459 g/mol. The molecule has 178 valence electrons. The number of rotatable bonds is 7. The quantitative estimate of drug-likeness (QED) is 0.491. The number of anilines is 2. The summed E-state index contributed by atoms with van der Waals surface area (Å²) in [5, 5.41) is 11.7. The number of para-hydroxylation sites is 1. The van der Waals surface area contributed by atoms with Crippen molar-refractivity contribution in [3.05, 3.63) is 47.7 Å². The summed E-state index contributed by atoms with van der Waals surface area (Å²) < 4.78 is 30.2. The number of aryl methyl sites for hydroxylation is 1. The van der Waals surface area contributed by atoms with Gasteiger partial charge in [-0.2, -0.15) is 14.0 Å². The summed E-state index contributed by atoms with van der Waals surface area (Å²) in [7, 11) is 0. The number of urea groups is 1. The van der Waals surface area contributed by atoms with Crippen molar-refractivity contribution >= 4 is 17.4 Å². The number of nitrogens with zero attached hydrogens (tertiary/aromatic N) is 3. The largest absolute Gasteiger partial charge is 0.415 e. The lowest BCUT2D eigenvalue weighted by molar-refractivity contribution is -0.0523. The van der Waals surface area contributed by atoms with Crippen LogP contribution in [0.25, 0.3) is 0 Å². The van der Waals surface area contributed by atoms with Crippen molar-refractivity contribution in [3.8, 4) is 11.9 Å². The van der Waals surface area contributed by atoms with Gasteiger partial charge in [0.2, 0.25) is 5.88 Å². The van der Waals surface area contributed by atoms with Crippen molar-refractivity contribution in [2.24, 2.45) is 5.92 Å². The van der Waals surface area contributed by atoms with E-state index < -0.39 is 12.6 Å². The molecule has 0 unspecified atom stereocenters. The Morgan fingerprint density at radius 3 is 2.52 bits per heavy atom. The van der Waals surface area contributed by atoms with Gasteiger partial charge in [-0.15, -0.1) is 0 Å². The van der Waals surface area contributed by atoms with Crippen molar-refractivity contribution < 1.29 is 18.3 Å². The fourth-order valence-corrected chi connectivity index (χ4v) is 3.85. The van der Waals surface area contributed by atoms with Gasteiger partial charge in [-0.25, -0.2) is 9.78 Å². The van der Waals surface area contributed by atoms with Gasteiger partial charge < -0.3 is 10.1 Å². The fraction of sp³-hybridized carbons (Fsp3) is 0.480. The van der Waals surface area contributed by atoms with Gasteiger partial charge >= 0.3 is 12.6 Å². The van der Waals surface area contributed by atoms with Gasteiger partial charge in [0.25, 0.3) is 0 Å². The van der Waals surface area contributed by atoms with Crippen LogP contribution in [0.4, 0.5) is 25.0 Å². The maximum Gasteiger partial charge on any atom is 0.388 e. The van der Waals surface area contributed by atoms with E-state index in [1.54, 1.807) is 17.9 Å². The molecule has 1 aromatic heterocycles. The Morgan fingerprint density at radius 2 is 1.91 bits per heavy atom. The molecular formula is C25H32F2N4O2. The van der Waals surface area contributed by atoms with Crippen molar-refractivity contribution in [1.82, 2.24) is 4.98 Å². The Hall–Kier alpha value is -3.21. The molecule has 0 atom stereocenters. The van der Waals surface area contributed by atoms with Gasteiger partial charge in [-0.1, -0.05) is 45.9 Å².